The van der Waals surface area contributed by atoms with Crippen LogP contribution in [0.2, 0.25) is 0 Å². The third-order valence-corrected chi connectivity index (χ3v) is 9.72. The smallest absolute Gasteiger partial charge is 0.407 e. The number of ether oxygens (including phenoxy) is 3. The second-order valence-corrected chi connectivity index (χ2v) is 13.8. The number of benzene rings is 4. The third-order valence-electron chi connectivity index (χ3n) is 9.72. The van der Waals surface area contributed by atoms with E-state index in [4.69, 9.17) is 14.2 Å². The maximum Gasteiger partial charge on any atom is 0.407 e. The van der Waals surface area contributed by atoms with Crippen LogP contribution in [0.5, 0.6) is 5.75 Å². The van der Waals surface area contributed by atoms with Crippen molar-refractivity contribution in [1.29, 1.82) is 0 Å². The summed E-state index contributed by atoms with van der Waals surface area (Å²) in [5, 5.41) is 18.2. The van der Waals surface area contributed by atoms with Crippen molar-refractivity contribution in [2.45, 2.75) is 56.7 Å². The van der Waals surface area contributed by atoms with Gasteiger partial charge >= 0.3 is 12.1 Å². The second kappa shape index (κ2) is 21.8. The number of carbonyl (C=O) groups is 4. The third kappa shape index (κ3) is 12.4. The lowest BCUT2D eigenvalue weighted by Gasteiger charge is -2.20. The molecule has 0 aliphatic heterocycles. The molecular weight excluding hydrogens is 723 g/mol. The first kappa shape index (κ1) is 42.0. The average Bonchev–Trinajstić information content (AvgIpc) is 3.56. The average molecular weight is 774 g/mol. The fraction of sp³-hybridized carbons (Fsp3) is 0.304. The molecule has 0 unspecified atom stereocenters. The van der Waals surface area contributed by atoms with Crippen LogP contribution < -0.4 is 20.7 Å². The standard InChI is InChI=1S/C46H51N3O8/c1-3-5-20-42(49-46(54)57-31-41-39-18-11-9-16-37(39)38-17-10-12-19-40(38)41)45(53)55-26-25-47-44(52)34(13-4-2)28-43(51)48-35(29-50)27-32-21-23-36(24-22-32)56-30-33-14-7-6-8-15-33/h3-4,6-12,14-19,21-24,34-35,41-42,50H,1-2,5,13,20,25-31H2,(H,47,52)(H,48,51)(H,49,54)/t34-,35-,42-/m0/s1. The fourth-order valence-corrected chi connectivity index (χ4v) is 6.79. The summed E-state index contributed by atoms with van der Waals surface area (Å²) in [6, 6.07) is 31.8. The molecule has 1 aliphatic carbocycles. The van der Waals surface area contributed by atoms with E-state index in [0.717, 1.165) is 33.4 Å². The molecule has 0 fully saturated rings. The summed E-state index contributed by atoms with van der Waals surface area (Å²) in [5.41, 5.74) is 6.32. The number of amides is 3. The summed E-state index contributed by atoms with van der Waals surface area (Å²) in [4.78, 5) is 52.0. The zero-order chi connectivity index (χ0) is 40.4. The minimum absolute atomic E-state index is 0.0106. The van der Waals surface area contributed by atoms with E-state index in [9.17, 15) is 24.3 Å². The van der Waals surface area contributed by atoms with Crippen LogP contribution in [0.1, 0.15) is 53.9 Å². The second-order valence-electron chi connectivity index (χ2n) is 13.8. The van der Waals surface area contributed by atoms with Crippen LogP contribution in [0.4, 0.5) is 4.79 Å². The minimum Gasteiger partial charge on any atom is -0.489 e. The van der Waals surface area contributed by atoms with E-state index in [1.54, 1.807) is 12.2 Å². The van der Waals surface area contributed by atoms with Gasteiger partial charge in [0.2, 0.25) is 11.8 Å². The molecular formula is C46H51N3O8. The highest BCUT2D eigenvalue weighted by Crippen LogP contribution is 2.44. The maximum atomic E-state index is 13.1. The topological polar surface area (TPSA) is 152 Å². The Bertz CT molecular complexity index is 1920. The SMILES string of the molecule is C=CCC[C@H](NC(=O)OCC1c2ccccc2-c2ccccc21)C(=O)OCCNC(=O)[C@@H](CC=C)CC(=O)N[C@H](CO)Cc1ccc(OCc2ccccc2)cc1. The first-order valence-corrected chi connectivity index (χ1v) is 19.2. The number of rotatable bonds is 22. The molecule has 0 spiro atoms. The largest absolute Gasteiger partial charge is 0.489 e. The van der Waals surface area contributed by atoms with Crippen molar-refractivity contribution < 1.29 is 38.5 Å². The van der Waals surface area contributed by atoms with Crippen LogP contribution in [0.15, 0.2) is 128 Å². The summed E-state index contributed by atoms with van der Waals surface area (Å²) >= 11 is 0. The maximum absolute atomic E-state index is 13.1. The quantitative estimate of drug-likeness (QED) is 0.0407. The van der Waals surface area contributed by atoms with Crippen molar-refractivity contribution in [2.24, 2.45) is 5.92 Å². The molecule has 0 aromatic heterocycles. The number of allylic oxidation sites excluding steroid dienone is 2. The van der Waals surface area contributed by atoms with Crippen LogP contribution in [-0.2, 0) is 36.9 Å². The van der Waals surface area contributed by atoms with Crippen LogP contribution in [0.25, 0.3) is 11.1 Å². The van der Waals surface area contributed by atoms with Gasteiger partial charge in [-0.3, -0.25) is 9.59 Å². The van der Waals surface area contributed by atoms with Gasteiger partial charge in [-0.15, -0.1) is 13.2 Å². The van der Waals surface area contributed by atoms with Gasteiger partial charge in [-0.25, -0.2) is 9.59 Å². The number of aliphatic hydroxyl groups is 1. The Hall–Kier alpha value is -6.20. The number of hydrogen-bond acceptors (Lipinski definition) is 8. The first-order chi connectivity index (χ1) is 27.8. The van der Waals surface area contributed by atoms with Crippen LogP contribution >= 0.6 is 0 Å². The molecule has 4 aromatic carbocycles. The Labute approximate surface area is 334 Å². The minimum atomic E-state index is -0.989. The molecule has 4 N–H and O–H groups in total. The molecule has 11 nitrogen and oxygen atoms in total. The van der Waals surface area contributed by atoms with E-state index in [2.05, 4.69) is 41.2 Å². The molecule has 0 saturated carbocycles. The number of aliphatic hydroxyl groups excluding tert-OH is 1. The van der Waals surface area contributed by atoms with E-state index in [0.29, 0.717) is 25.2 Å². The molecule has 57 heavy (non-hydrogen) atoms. The van der Waals surface area contributed by atoms with Crippen molar-refractivity contribution in [2.75, 3.05) is 26.4 Å². The summed E-state index contributed by atoms with van der Waals surface area (Å²) in [6.07, 6.45) is 3.63. The Kier molecular flexibility index (Phi) is 16.0. The fourth-order valence-electron chi connectivity index (χ4n) is 6.79. The molecule has 3 amide bonds. The summed E-state index contributed by atoms with van der Waals surface area (Å²) < 4.78 is 16.9. The number of nitrogens with one attached hydrogen (secondary N) is 3. The molecule has 1 aliphatic rings. The van der Waals surface area contributed by atoms with E-state index < -0.39 is 41.9 Å². The molecule has 11 heteroatoms. The van der Waals surface area contributed by atoms with Crippen molar-refractivity contribution in [1.82, 2.24) is 16.0 Å². The summed E-state index contributed by atoms with van der Waals surface area (Å²) in [5.74, 6) is -1.63. The highest BCUT2D eigenvalue weighted by atomic mass is 16.6. The van der Waals surface area contributed by atoms with Gasteiger partial charge in [-0.05, 0) is 71.2 Å². The Morgan fingerprint density at radius 1 is 0.772 bits per heavy atom. The molecule has 3 atom stereocenters. The van der Waals surface area contributed by atoms with Gasteiger partial charge in [0.05, 0.1) is 25.1 Å². The highest BCUT2D eigenvalue weighted by Gasteiger charge is 2.30. The van der Waals surface area contributed by atoms with Crippen LogP contribution in [-0.4, -0.2) is 67.4 Å². The lowest BCUT2D eigenvalue weighted by atomic mass is 9.98. The highest BCUT2D eigenvalue weighted by molar-refractivity contribution is 5.86. The van der Waals surface area contributed by atoms with Crippen molar-refractivity contribution in [3.05, 3.63) is 151 Å². The number of alkyl carbamates (subject to hydrolysis) is 1. The summed E-state index contributed by atoms with van der Waals surface area (Å²) in [6.45, 7) is 7.52. The normalized spacial score (nSPS) is 13.1. The predicted molar refractivity (Wildman–Crippen MR) is 218 cm³/mol. The Balaban J connectivity index is 1.04. The van der Waals surface area contributed by atoms with Gasteiger partial charge in [0.15, 0.2) is 0 Å². The molecule has 0 saturated heterocycles. The molecule has 4 aromatic rings. The summed E-state index contributed by atoms with van der Waals surface area (Å²) in [7, 11) is 0. The number of fused-ring (bicyclic) bond motifs is 3. The van der Waals surface area contributed by atoms with E-state index in [1.165, 1.54) is 0 Å². The van der Waals surface area contributed by atoms with Crippen molar-refractivity contribution in [3.8, 4) is 16.9 Å². The molecule has 0 radical (unpaired) electrons. The zero-order valence-corrected chi connectivity index (χ0v) is 32.1. The lowest BCUT2D eigenvalue weighted by molar-refractivity contribution is -0.146. The monoisotopic (exact) mass is 773 g/mol. The number of hydrogen-bond donors (Lipinski definition) is 4. The molecule has 0 heterocycles. The van der Waals surface area contributed by atoms with Crippen LogP contribution in [0.3, 0.4) is 0 Å². The number of carbonyl (C=O) groups excluding carboxylic acids is 4. The first-order valence-electron chi connectivity index (χ1n) is 19.2. The molecule has 298 valence electrons. The van der Waals surface area contributed by atoms with Gasteiger partial charge in [0.25, 0.3) is 0 Å². The Morgan fingerprint density at radius 3 is 2.09 bits per heavy atom. The predicted octanol–water partition coefficient (Wildman–Crippen LogP) is 6.40. The van der Waals surface area contributed by atoms with Gasteiger partial charge < -0.3 is 35.3 Å². The van der Waals surface area contributed by atoms with Crippen molar-refractivity contribution in [3.63, 3.8) is 0 Å². The van der Waals surface area contributed by atoms with Crippen LogP contribution in [0, 0.1) is 5.92 Å². The Morgan fingerprint density at radius 2 is 1.44 bits per heavy atom. The van der Waals surface area contributed by atoms with Gasteiger partial charge in [0, 0.05) is 12.3 Å². The van der Waals surface area contributed by atoms with Gasteiger partial charge in [0.1, 0.15) is 31.6 Å². The number of esters is 1. The lowest BCUT2D eigenvalue weighted by Crippen LogP contribution is -2.43. The van der Waals surface area contributed by atoms with E-state index in [-0.39, 0.29) is 51.5 Å². The van der Waals surface area contributed by atoms with Gasteiger partial charge in [-0.1, -0.05) is 103 Å². The van der Waals surface area contributed by atoms with Gasteiger partial charge in [-0.2, -0.15) is 0 Å². The zero-order valence-electron chi connectivity index (χ0n) is 32.1. The molecule has 5 rings (SSSR count). The van der Waals surface area contributed by atoms with E-state index >= 15 is 0 Å². The van der Waals surface area contributed by atoms with E-state index in [1.807, 2.05) is 91.0 Å². The van der Waals surface area contributed by atoms with Crippen molar-refractivity contribution >= 4 is 23.9 Å². The molecule has 0 bridgehead atoms.